The van der Waals surface area contributed by atoms with Gasteiger partial charge in [0.2, 0.25) is 5.91 Å². The first-order chi connectivity index (χ1) is 13.0. The molecule has 0 heterocycles. The summed E-state index contributed by atoms with van der Waals surface area (Å²) in [5, 5.41) is 7.50. The second-order valence-electron chi connectivity index (χ2n) is 5.68. The monoisotopic (exact) mass is 377 g/mol. The van der Waals surface area contributed by atoms with Crippen molar-refractivity contribution in [2.75, 3.05) is 20.2 Å². The number of amides is 3. The van der Waals surface area contributed by atoms with Crippen molar-refractivity contribution >= 4 is 11.9 Å². The van der Waals surface area contributed by atoms with Crippen molar-refractivity contribution in [1.29, 1.82) is 0 Å². The van der Waals surface area contributed by atoms with Gasteiger partial charge in [-0.25, -0.2) is 13.6 Å². The maximum Gasteiger partial charge on any atom is 0.315 e. The van der Waals surface area contributed by atoms with Gasteiger partial charge in [0.25, 0.3) is 0 Å². The summed E-state index contributed by atoms with van der Waals surface area (Å²) in [4.78, 5) is 23.4. The van der Waals surface area contributed by atoms with Crippen molar-refractivity contribution in [2.24, 2.45) is 0 Å². The highest BCUT2D eigenvalue weighted by molar-refractivity contribution is 5.83. The second kappa shape index (κ2) is 10.1. The fraction of sp³-hybridized carbons (Fsp3) is 0.263. The quantitative estimate of drug-likeness (QED) is 0.659. The van der Waals surface area contributed by atoms with Crippen LogP contribution in [0.1, 0.15) is 11.1 Å². The second-order valence-corrected chi connectivity index (χ2v) is 5.68. The predicted molar refractivity (Wildman–Crippen MR) is 96.3 cm³/mol. The SMILES string of the molecule is COc1ccc(CNC(=O)CNC(=O)NCCc2c(F)cccc2F)cc1. The van der Waals surface area contributed by atoms with Gasteiger partial charge in [0, 0.05) is 18.7 Å². The number of benzene rings is 2. The molecule has 2 aromatic carbocycles. The standard InChI is InChI=1S/C19H21F2N3O3/c1-27-14-7-5-13(6-8-14)11-23-18(25)12-24-19(26)22-10-9-15-16(20)3-2-4-17(15)21/h2-8H,9-12H2,1H3,(H,23,25)(H2,22,24,26). The molecule has 0 aromatic heterocycles. The molecular weight excluding hydrogens is 356 g/mol. The van der Waals surface area contributed by atoms with E-state index in [4.69, 9.17) is 4.74 Å². The summed E-state index contributed by atoms with van der Waals surface area (Å²) in [7, 11) is 1.57. The van der Waals surface area contributed by atoms with Crippen LogP contribution in [0.2, 0.25) is 0 Å². The first-order valence-electron chi connectivity index (χ1n) is 8.34. The maximum atomic E-state index is 13.5. The maximum absolute atomic E-state index is 13.5. The van der Waals surface area contributed by atoms with Crippen LogP contribution in [0.25, 0.3) is 0 Å². The molecule has 2 rings (SSSR count). The molecule has 0 saturated carbocycles. The van der Waals surface area contributed by atoms with E-state index in [1.54, 1.807) is 19.2 Å². The van der Waals surface area contributed by atoms with Crippen LogP contribution < -0.4 is 20.7 Å². The minimum atomic E-state index is -0.657. The van der Waals surface area contributed by atoms with Gasteiger partial charge in [-0.3, -0.25) is 4.79 Å². The Morgan fingerprint density at radius 2 is 1.63 bits per heavy atom. The lowest BCUT2D eigenvalue weighted by molar-refractivity contribution is -0.120. The molecule has 27 heavy (non-hydrogen) atoms. The molecule has 0 unspecified atom stereocenters. The van der Waals surface area contributed by atoms with Crippen molar-refractivity contribution < 1.29 is 23.1 Å². The van der Waals surface area contributed by atoms with Gasteiger partial charge in [-0.2, -0.15) is 0 Å². The van der Waals surface area contributed by atoms with Gasteiger partial charge in [-0.15, -0.1) is 0 Å². The first kappa shape index (κ1) is 20.2. The first-order valence-corrected chi connectivity index (χ1v) is 8.34. The summed E-state index contributed by atoms with van der Waals surface area (Å²) in [5.74, 6) is -0.954. The molecule has 0 aliphatic heterocycles. The highest BCUT2D eigenvalue weighted by Crippen LogP contribution is 2.12. The van der Waals surface area contributed by atoms with Gasteiger partial charge in [0.05, 0.1) is 13.7 Å². The Kier molecular flexibility index (Phi) is 7.54. The lowest BCUT2D eigenvalue weighted by Crippen LogP contribution is -2.42. The molecular formula is C19H21F2N3O3. The van der Waals surface area contributed by atoms with E-state index in [0.717, 1.165) is 23.4 Å². The van der Waals surface area contributed by atoms with Gasteiger partial charge >= 0.3 is 6.03 Å². The summed E-state index contributed by atoms with van der Waals surface area (Å²) in [6.45, 7) is 0.145. The number of hydrogen-bond donors (Lipinski definition) is 3. The molecule has 144 valence electrons. The van der Waals surface area contributed by atoms with Crippen LogP contribution in [0.5, 0.6) is 5.75 Å². The summed E-state index contributed by atoms with van der Waals surface area (Å²) in [5.41, 5.74) is 0.801. The molecule has 0 atom stereocenters. The highest BCUT2D eigenvalue weighted by atomic mass is 19.1. The summed E-state index contributed by atoms with van der Waals surface area (Å²) >= 11 is 0. The van der Waals surface area contributed by atoms with Crippen LogP contribution in [-0.2, 0) is 17.8 Å². The van der Waals surface area contributed by atoms with Gasteiger partial charge < -0.3 is 20.7 Å². The van der Waals surface area contributed by atoms with E-state index in [9.17, 15) is 18.4 Å². The van der Waals surface area contributed by atoms with Gasteiger partial charge in [-0.05, 0) is 36.2 Å². The number of ether oxygens (including phenoxy) is 1. The number of rotatable bonds is 8. The molecule has 0 aliphatic carbocycles. The van der Waals surface area contributed by atoms with Crippen LogP contribution in [0.15, 0.2) is 42.5 Å². The van der Waals surface area contributed by atoms with E-state index < -0.39 is 17.7 Å². The largest absolute Gasteiger partial charge is 0.497 e. The molecule has 2 aromatic rings. The van der Waals surface area contributed by atoms with Crippen LogP contribution in [0, 0.1) is 11.6 Å². The van der Waals surface area contributed by atoms with E-state index in [1.165, 1.54) is 6.07 Å². The summed E-state index contributed by atoms with van der Waals surface area (Å²) < 4.78 is 32.0. The Morgan fingerprint density at radius 1 is 0.963 bits per heavy atom. The van der Waals surface area contributed by atoms with Gasteiger partial charge in [0.15, 0.2) is 0 Å². The Bertz CT molecular complexity index is 762. The number of halogens is 2. The van der Waals surface area contributed by atoms with Crippen LogP contribution >= 0.6 is 0 Å². The predicted octanol–water partition coefficient (Wildman–Crippen LogP) is 2.13. The molecule has 0 spiro atoms. The molecule has 0 fully saturated rings. The lowest BCUT2D eigenvalue weighted by Gasteiger charge is -2.09. The highest BCUT2D eigenvalue weighted by Gasteiger charge is 2.09. The van der Waals surface area contributed by atoms with Crippen LogP contribution in [0.3, 0.4) is 0 Å². The summed E-state index contributed by atoms with van der Waals surface area (Å²) in [6.07, 6.45) is 0.00952. The number of hydrogen-bond acceptors (Lipinski definition) is 3. The van der Waals surface area contributed by atoms with Crippen LogP contribution in [-0.4, -0.2) is 32.1 Å². The smallest absolute Gasteiger partial charge is 0.315 e. The fourth-order valence-corrected chi connectivity index (χ4v) is 2.30. The van der Waals surface area contributed by atoms with Gasteiger partial charge in [-0.1, -0.05) is 18.2 Å². The van der Waals surface area contributed by atoms with Crippen molar-refractivity contribution in [3.05, 3.63) is 65.2 Å². The van der Waals surface area contributed by atoms with Crippen molar-refractivity contribution in [3.63, 3.8) is 0 Å². The Morgan fingerprint density at radius 3 is 2.26 bits per heavy atom. The molecule has 0 bridgehead atoms. The lowest BCUT2D eigenvalue weighted by atomic mass is 10.1. The Balaban J connectivity index is 1.65. The minimum Gasteiger partial charge on any atom is -0.497 e. The molecule has 0 radical (unpaired) electrons. The average molecular weight is 377 g/mol. The molecule has 6 nitrogen and oxygen atoms in total. The van der Waals surface area contributed by atoms with Crippen molar-refractivity contribution in [1.82, 2.24) is 16.0 Å². The van der Waals surface area contributed by atoms with E-state index in [2.05, 4.69) is 16.0 Å². The Labute approximate surface area is 155 Å². The number of nitrogens with one attached hydrogen (secondary N) is 3. The summed E-state index contributed by atoms with van der Waals surface area (Å²) in [6, 6.07) is 10.2. The molecule has 3 N–H and O–H groups in total. The molecule has 8 heteroatoms. The normalized spacial score (nSPS) is 10.2. The zero-order chi connectivity index (χ0) is 19.6. The molecule has 3 amide bonds. The van der Waals surface area contributed by atoms with E-state index in [-0.39, 0.29) is 31.0 Å². The third-order valence-corrected chi connectivity index (χ3v) is 3.78. The average Bonchev–Trinajstić information content (AvgIpc) is 2.67. The third-order valence-electron chi connectivity index (χ3n) is 3.78. The van der Waals surface area contributed by atoms with E-state index in [0.29, 0.717) is 6.54 Å². The third kappa shape index (κ3) is 6.58. The fourth-order valence-electron chi connectivity index (χ4n) is 2.30. The topological polar surface area (TPSA) is 79.5 Å². The van der Waals surface area contributed by atoms with E-state index >= 15 is 0 Å². The number of urea groups is 1. The number of carbonyl (C=O) groups excluding carboxylic acids is 2. The molecule has 0 aliphatic rings. The minimum absolute atomic E-state index is 0.00952. The Hall–Kier alpha value is -3.16. The molecule has 0 saturated heterocycles. The van der Waals surface area contributed by atoms with E-state index in [1.807, 2.05) is 12.1 Å². The number of methoxy groups -OCH3 is 1. The van der Waals surface area contributed by atoms with Crippen molar-refractivity contribution in [2.45, 2.75) is 13.0 Å². The van der Waals surface area contributed by atoms with Crippen molar-refractivity contribution in [3.8, 4) is 5.75 Å². The van der Waals surface area contributed by atoms with Crippen LogP contribution in [0.4, 0.5) is 13.6 Å². The zero-order valence-electron chi connectivity index (χ0n) is 14.9. The zero-order valence-corrected chi connectivity index (χ0v) is 14.9. The number of carbonyl (C=O) groups is 2. The van der Waals surface area contributed by atoms with Gasteiger partial charge in [0.1, 0.15) is 17.4 Å².